The number of carbonyl (C=O) groups is 3. The topological polar surface area (TPSA) is 122 Å². The molecule has 3 amide bonds. The minimum atomic E-state index is -0.649. The second-order valence-electron chi connectivity index (χ2n) is 4.86. The van der Waals surface area contributed by atoms with Crippen molar-refractivity contribution in [1.29, 1.82) is 0 Å². The Hall–Kier alpha value is -2.53. The van der Waals surface area contributed by atoms with Crippen LogP contribution in [-0.4, -0.2) is 40.6 Å². The zero-order valence-electron chi connectivity index (χ0n) is 13.7. The number of carbonyl (C=O) groups excluding carboxylic acids is 3. The summed E-state index contributed by atoms with van der Waals surface area (Å²) in [6.07, 6.45) is 0.0217. The van der Waals surface area contributed by atoms with Gasteiger partial charge in [0.1, 0.15) is 0 Å². The molecule has 0 unspecified atom stereocenters. The van der Waals surface area contributed by atoms with Gasteiger partial charge in [-0.25, -0.2) is 9.59 Å². The summed E-state index contributed by atoms with van der Waals surface area (Å²) in [4.78, 5) is 35.4. The molecule has 0 atom stereocenters. The molecule has 0 fully saturated rings. The van der Waals surface area contributed by atoms with Gasteiger partial charge in [0.15, 0.2) is 5.00 Å². The van der Waals surface area contributed by atoms with E-state index in [1.165, 1.54) is 0 Å². The van der Waals surface area contributed by atoms with Crippen LogP contribution in [0.25, 0.3) is 0 Å². The van der Waals surface area contributed by atoms with Crippen LogP contribution in [0.5, 0.6) is 0 Å². The lowest BCUT2D eigenvalue weighted by Gasteiger charge is -2.08. The van der Waals surface area contributed by atoms with Gasteiger partial charge in [-0.1, -0.05) is 20.4 Å². The Kier molecular flexibility index (Phi) is 7.48. The molecule has 0 saturated carbocycles. The fourth-order valence-corrected chi connectivity index (χ4v) is 2.63. The number of anilines is 2. The average molecular weight is 442 g/mol. The van der Waals surface area contributed by atoms with E-state index in [1.54, 1.807) is 31.2 Å². The Morgan fingerprint density at radius 3 is 2.62 bits per heavy atom. The molecule has 0 saturated heterocycles. The van der Waals surface area contributed by atoms with E-state index in [4.69, 9.17) is 4.74 Å². The third-order valence-electron chi connectivity index (χ3n) is 2.95. The van der Waals surface area contributed by atoms with Gasteiger partial charge in [0.05, 0.1) is 6.61 Å². The standard InChI is InChI=1S/C15H16BrN5O4S/c1-2-25-14(23)12-13(26-21-20-12)19-11(22)7-8-17-15(24)18-10-5-3-9(16)4-6-10/h3-6H,2,7-8H2,1H3,(H,19,22)(H2,17,18,24). The van der Waals surface area contributed by atoms with Crippen molar-refractivity contribution in [2.45, 2.75) is 13.3 Å². The number of ether oxygens (including phenoxy) is 1. The van der Waals surface area contributed by atoms with Crippen molar-refractivity contribution in [2.24, 2.45) is 0 Å². The van der Waals surface area contributed by atoms with Gasteiger partial charge in [-0.3, -0.25) is 4.79 Å². The normalized spacial score (nSPS) is 10.1. The highest BCUT2D eigenvalue weighted by atomic mass is 79.9. The number of urea groups is 1. The lowest BCUT2D eigenvalue weighted by molar-refractivity contribution is -0.116. The number of nitrogens with one attached hydrogen (secondary N) is 3. The average Bonchev–Trinajstić information content (AvgIpc) is 3.05. The van der Waals surface area contributed by atoms with Gasteiger partial charge in [0.2, 0.25) is 11.6 Å². The molecule has 9 nitrogen and oxygen atoms in total. The summed E-state index contributed by atoms with van der Waals surface area (Å²) in [5.41, 5.74) is 0.594. The molecule has 2 rings (SSSR count). The van der Waals surface area contributed by atoms with Crippen LogP contribution in [0, 0.1) is 0 Å². The first-order valence-electron chi connectivity index (χ1n) is 7.59. The number of aromatic nitrogens is 2. The van der Waals surface area contributed by atoms with Crippen molar-refractivity contribution in [3.63, 3.8) is 0 Å². The summed E-state index contributed by atoms with van der Waals surface area (Å²) < 4.78 is 9.37. The molecule has 11 heteroatoms. The summed E-state index contributed by atoms with van der Waals surface area (Å²) in [6.45, 7) is 1.98. The van der Waals surface area contributed by atoms with E-state index in [2.05, 4.69) is 41.5 Å². The minimum absolute atomic E-state index is 0.0217. The molecule has 0 spiro atoms. The van der Waals surface area contributed by atoms with Gasteiger partial charge in [-0.05, 0) is 31.2 Å². The predicted octanol–water partition coefficient (Wildman–Crippen LogP) is 2.63. The van der Waals surface area contributed by atoms with Crippen LogP contribution in [0.1, 0.15) is 23.8 Å². The first kappa shape index (κ1) is 19.8. The number of hydrogen-bond acceptors (Lipinski definition) is 7. The quantitative estimate of drug-likeness (QED) is 0.567. The molecule has 1 heterocycles. The maximum absolute atomic E-state index is 11.9. The molecule has 1 aromatic heterocycles. The Morgan fingerprint density at radius 2 is 1.92 bits per heavy atom. The molecule has 26 heavy (non-hydrogen) atoms. The van der Waals surface area contributed by atoms with E-state index in [0.29, 0.717) is 5.69 Å². The zero-order chi connectivity index (χ0) is 18.9. The van der Waals surface area contributed by atoms with Crippen LogP contribution < -0.4 is 16.0 Å². The van der Waals surface area contributed by atoms with Crippen LogP contribution in [0.3, 0.4) is 0 Å². The molecule has 0 aliphatic rings. The lowest BCUT2D eigenvalue weighted by atomic mass is 10.3. The Bertz CT molecular complexity index is 781. The Balaban J connectivity index is 1.75. The second kappa shape index (κ2) is 9.82. The molecule has 0 aliphatic carbocycles. The van der Waals surface area contributed by atoms with Crippen molar-refractivity contribution in [2.75, 3.05) is 23.8 Å². The smallest absolute Gasteiger partial charge is 0.362 e. The summed E-state index contributed by atoms with van der Waals surface area (Å²) in [5.74, 6) is -1.03. The van der Waals surface area contributed by atoms with Gasteiger partial charge < -0.3 is 20.7 Å². The van der Waals surface area contributed by atoms with Crippen molar-refractivity contribution < 1.29 is 19.1 Å². The van der Waals surface area contributed by atoms with E-state index in [0.717, 1.165) is 16.0 Å². The number of hydrogen-bond donors (Lipinski definition) is 3. The predicted molar refractivity (Wildman–Crippen MR) is 100 cm³/mol. The van der Waals surface area contributed by atoms with Crippen LogP contribution in [0.4, 0.5) is 15.5 Å². The van der Waals surface area contributed by atoms with Crippen molar-refractivity contribution in [1.82, 2.24) is 14.9 Å². The summed E-state index contributed by atoms with van der Waals surface area (Å²) in [7, 11) is 0. The highest BCUT2D eigenvalue weighted by Crippen LogP contribution is 2.18. The molecule has 3 N–H and O–H groups in total. The van der Waals surface area contributed by atoms with E-state index >= 15 is 0 Å². The number of halogens is 1. The van der Waals surface area contributed by atoms with Crippen molar-refractivity contribution >= 4 is 56.1 Å². The van der Waals surface area contributed by atoms with Crippen LogP contribution in [0.15, 0.2) is 28.7 Å². The first-order chi connectivity index (χ1) is 12.5. The Labute approximate surface area is 161 Å². The minimum Gasteiger partial charge on any atom is -0.461 e. The van der Waals surface area contributed by atoms with Gasteiger partial charge in [-0.15, -0.1) is 5.10 Å². The molecule has 138 valence electrons. The van der Waals surface area contributed by atoms with E-state index < -0.39 is 12.0 Å². The van der Waals surface area contributed by atoms with Gasteiger partial charge >= 0.3 is 12.0 Å². The maximum Gasteiger partial charge on any atom is 0.362 e. The number of amides is 3. The highest BCUT2D eigenvalue weighted by Gasteiger charge is 2.19. The second-order valence-corrected chi connectivity index (χ2v) is 6.53. The fourth-order valence-electron chi connectivity index (χ4n) is 1.79. The SMILES string of the molecule is CCOC(=O)c1nnsc1NC(=O)CCNC(=O)Nc1ccc(Br)cc1. The lowest BCUT2D eigenvalue weighted by Crippen LogP contribution is -2.31. The van der Waals surface area contributed by atoms with Crippen LogP contribution in [-0.2, 0) is 9.53 Å². The summed E-state index contributed by atoms with van der Waals surface area (Å²) in [5, 5.41) is 11.6. The van der Waals surface area contributed by atoms with Crippen molar-refractivity contribution in [3.8, 4) is 0 Å². The molecular formula is C15H16BrN5O4S. The number of esters is 1. The largest absolute Gasteiger partial charge is 0.461 e. The van der Waals surface area contributed by atoms with Gasteiger partial charge in [0.25, 0.3) is 0 Å². The zero-order valence-corrected chi connectivity index (χ0v) is 16.1. The number of rotatable bonds is 7. The summed E-state index contributed by atoms with van der Waals surface area (Å²) in [6, 6.07) is 6.65. The molecule has 0 aliphatic heterocycles. The monoisotopic (exact) mass is 441 g/mol. The van der Waals surface area contributed by atoms with Crippen LogP contribution in [0.2, 0.25) is 0 Å². The number of benzene rings is 1. The fraction of sp³-hybridized carbons (Fsp3) is 0.267. The van der Waals surface area contributed by atoms with Crippen LogP contribution >= 0.6 is 27.5 Å². The Morgan fingerprint density at radius 1 is 1.19 bits per heavy atom. The molecular weight excluding hydrogens is 426 g/mol. The van der Waals surface area contributed by atoms with Gasteiger partial charge in [0, 0.05) is 34.7 Å². The third-order valence-corrected chi connectivity index (χ3v) is 4.12. The van der Waals surface area contributed by atoms with Crippen molar-refractivity contribution in [3.05, 3.63) is 34.4 Å². The third kappa shape index (κ3) is 6.08. The first-order valence-corrected chi connectivity index (χ1v) is 9.16. The molecule has 0 bridgehead atoms. The maximum atomic E-state index is 11.9. The van der Waals surface area contributed by atoms with E-state index in [9.17, 15) is 14.4 Å². The number of nitrogens with zero attached hydrogens (tertiary/aromatic N) is 2. The molecule has 2 aromatic rings. The van der Waals surface area contributed by atoms with E-state index in [-0.39, 0.29) is 36.2 Å². The highest BCUT2D eigenvalue weighted by molar-refractivity contribution is 9.10. The molecule has 0 radical (unpaired) electrons. The van der Waals surface area contributed by atoms with E-state index in [1.807, 2.05) is 0 Å². The molecule has 1 aromatic carbocycles. The summed E-state index contributed by atoms with van der Waals surface area (Å²) >= 11 is 4.18. The van der Waals surface area contributed by atoms with Gasteiger partial charge in [-0.2, -0.15) is 0 Å².